The quantitative estimate of drug-likeness (QED) is 0.770. The average Bonchev–Trinajstić information content (AvgIpc) is 3.12. The predicted octanol–water partition coefficient (Wildman–Crippen LogP) is 3.16. The first-order valence-corrected chi connectivity index (χ1v) is 8.05. The summed E-state index contributed by atoms with van der Waals surface area (Å²) < 4.78 is 10.7. The zero-order chi connectivity index (χ0) is 14.5. The van der Waals surface area contributed by atoms with Gasteiger partial charge in [0.1, 0.15) is 0 Å². The molecule has 0 radical (unpaired) electrons. The van der Waals surface area contributed by atoms with Crippen LogP contribution in [0, 0.1) is 0 Å². The molecule has 112 valence electrons. The fourth-order valence-corrected chi connectivity index (χ4v) is 2.86. The van der Waals surface area contributed by atoms with Gasteiger partial charge in [0.25, 0.3) is 0 Å². The molecule has 0 unspecified atom stereocenters. The number of nitrogens with zero attached hydrogens (tertiary/aromatic N) is 1. The van der Waals surface area contributed by atoms with E-state index in [1.54, 1.807) is 11.3 Å². The molecule has 0 bridgehead atoms. The maximum atomic E-state index is 5.37. The SMILES string of the molecule is CCCNCCc1csc(Nc2ccc3c(c2)OCO3)n1. The Hall–Kier alpha value is -1.79. The van der Waals surface area contributed by atoms with Crippen molar-refractivity contribution in [3.05, 3.63) is 29.3 Å². The van der Waals surface area contributed by atoms with Crippen LogP contribution in [0.15, 0.2) is 23.6 Å². The van der Waals surface area contributed by atoms with Gasteiger partial charge in [-0.15, -0.1) is 11.3 Å². The number of fused-ring (bicyclic) bond motifs is 1. The number of nitrogens with one attached hydrogen (secondary N) is 2. The largest absolute Gasteiger partial charge is 0.454 e. The van der Waals surface area contributed by atoms with Gasteiger partial charge in [0.15, 0.2) is 16.6 Å². The molecule has 0 saturated heterocycles. The Morgan fingerprint density at radius 2 is 2.14 bits per heavy atom. The highest BCUT2D eigenvalue weighted by Gasteiger charge is 2.13. The van der Waals surface area contributed by atoms with Crippen LogP contribution >= 0.6 is 11.3 Å². The van der Waals surface area contributed by atoms with Crippen molar-refractivity contribution in [2.75, 3.05) is 25.2 Å². The van der Waals surface area contributed by atoms with E-state index in [4.69, 9.17) is 9.47 Å². The first kappa shape index (κ1) is 14.2. The van der Waals surface area contributed by atoms with Crippen LogP contribution in [-0.4, -0.2) is 24.9 Å². The number of hydrogen-bond acceptors (Lipinski definition) is 6. The van der Waals surface area contributed by atoms with E-state index in [0.717, 1.165) is 53.9 Å². The van der Waals surface area contributed by atoms with E-state index in [1.807, 2.05) is 18.2 Å². The predicted molar refractivity (Wildman–Crippen MR) is 84.8 cm³/mol. The van der Waals surface area contributed by atoms with E-state index in [1.165, 1.54) is 0 Å². The molecule has 2 aromatic rings. The number of rotatable bonds is 7. The fourth-order valence-electron chi connectivity index (χ4n) is 2.10. The molecule has 1 aromatic carbocycles. The van der Waals surface area contributed by atoms with Crippen LogP contribution in [0.2, 0.25) is 0 Å². The van der Waals surface area contributed by atoms with Gasteiger partial charge in [0.05, 0.1) is 5.69 Å². The van der Waals surface area contributed by atoms with Crippen molar-refractivity contribution < 1.29 is 9.47 Å². The van der Waals surface area contributed by atoms with Crippen molar-refractivity contribution in [1.29, 1.82) is 0 Å². The lowest BCUT2D eigenvalue weighted by atomic mass is 10.3. The molecule has 1 aromatic heterocycles. The molecular weight excluding hydrogens is 286 g/mol. The number of anilines is 2. The highest BCUT2D eigenvalue weighted by Crippen LogP contribution is 2.35. The third kappa shape index (κ3) is 3.65. The van der Waals surface area contributed by atoms with Gasteiger partial charge in [-0.05, 0) is 25.1 Å². The van der Waals surface area contributed by atoms with E-state index >= 15 is 0 Å². The summed E-state index contributed by atoms with van der Waals surface area (Å²) >= 11 is 1.62. The number of hydrogen-bond donors (Lipinski definition) is 2. The highest BCUT2D eigenvalue weighted by molar-refractivity contribution is 7.13. The van der Waals surface area contributed by atoms with Gasteiger partial charge in [-0.3, -0.25) is 0 Å². The molecule has 1 aliphatic rings. The van der Waals surface area contributed by atoms with Crippen LogP contribution in [0.3, 0.4) is 0 Å². The van der Waals surface area contributed by atoms with Crippen LogP contribution in [0.25, 0.3) is 0 Å². The monoisotopic (exact) mass is 305 g/mol. The molecule has 21 heavy (non-hydrogen) atoms. The summed E-state index contributed by atoms with van der Waals surface area (Å²) in [6, 6.07) is 5.82. The number of benzene rings is 1. The van der Waals surface area contributed by atoms with Crippen molar-refractivity contribution in [2.24, 2.45) is 0 Å². The van der Waals surface area contributed by atoms with E-state index < -0.39 is 0 Å². The summed E-state index contributed by atoms with van der Waals surface area (Å²) in [7, 11) is 0. The van der Waals surface area contributed by atoms with Crippen molar-refractivity contribution in [3.8, 4) is 11.5 Å². The zero-order valence-corrected chi connectivity index (χ0v) is 12.8. The highest BCUT2D eigenvalue weighted by atomic mass is 32.1. The van der Waals surface area contributed by atoms with Gasteiger partial charge in [-0.2, -0.15) is 0 Å². The number of ether oxygens (including phenoxy) is 2. The Morgan fingerprint density at radius 1 is 1.24 bits per heavy atom. The number of aromatic nitrogens is 1. The van der Waals surface area contributed by atoms with Gasteiger partial charge in [0.2, 0.25) is 6.79 Å². The van der Waals surface area contributed by atoms with Crippen molar-refractivity contribution in [1.82, 2.24) is 10.3 Å². The van der Waals surface area contributed by atoms with E-state index in [2.05, 4.69) is 27.9 Å². The summed E-state index contributed by atoms with van der Waals surface area (Å²) in [6.45, 7) is 4.50. The minimum Gasteiger partial charge on any atom is -0.454 e. The van der Waals surface area contributed by atoms with Gasteiger partial charge >= 0.3 is 0 Å². The molecule has 0 fully saturated rings. The molecule has 0 aliphatic carbocycles. The van der Waals surface area contributed by atoms with E-state index in [-0.39, 0.29) is 0 Å². The zero-order valence-electron chi connectivity index (χ0n) is 12.0. The minimum atomic E-state index is 0.297. The van der Waals surface area contributed by atoms with Crippen LogP contribution in [0.4, 0.5) is 10.8 Å². The molecule has 0 amide bonds. The summed E-state index contributed by atoms with van der Waals surface area (Å²) in [5.41, 5.74) is 2.08. The summed E-state index contributed by atoms with van der Waals surface area (Å²) in [6.07, 6.45) is 2.12. The van der Waals surface area contributed by atoms with Crippen molar-refractivity contribution in [3.63, 3.8) is 0 Å². The molecule has 3 rings (SSSR count). The van der Waals surface area contributed by atoms with Crippen molar-refractivity contribution >= 4 is 22.2 Å². The standard InChI is InChI=1S/C15H19N3O2S/c1-2-6-16-7-5-12-9-21-15(18-12)17-11-3-4-13-14(8-11)20-10-19-13/h3-4,8-9,16H,2,5-7,10H2,1H3,(H,17,18). The third-order valence-corrected chi connectivity index (χ3v) is 3.97. The molecule has 0 atom stereocenters. The van der Waals surface area contributed by atoms with Crippen molar-refractivity contribution in [2.45, 2.75) is 19.8 Å². The van der Waals surface area contributed by atoms with Gasteiger partial charge < -0.3 is 20.1 Å². The van der Waals surface area contributed by atoms with Gasteiger partial charge in [-0.1, -0.05) is 6.92 Å². The van der Waals surface area contributed by atoms with Crippen LogP contribution < -0.4 is 20.1 Å². The van der Waals surface area contributed by atoms with E-state index in [9.17, 15) is 0 Å². The van der Waals surface area contributed by atoms with Crippen LogP contribution in [-0.2, 0) is 6.42 Å². The van der Waals surface area contributed by atoms with E-state index in [0.29, 0.717) is 6.79 Å². The van der Waals surface area contributed by atoms with Gasteiger partial charge in [-0.25, -0.2) is 4.98 Å². The molecule has 2 N–H and O–H groups in total. The molecule has 0 saturated carbocycles. The Labute approximate surface area is 128 Å². The summed E-state index contributed by atoms with van der Waals surface area (Å²) in [5, 5.41) is 9.69. The maximum Gasteiger partial charge on any atom is 0.231 e. The molecular formula is C15H19N3O2S. The normalized spacial score (nSPS) is 12.6. The second-order valence-corrected chi connectivity index (χ2v) is 5.70. The topological polar surface area (TPSA) is 55.4 Å². The Bertz CT molecular complexity index is 600. The second kappa shape index (κ2) is 6.78. The Balaban J connectivity index is 1.57. The first-order valence-electron chi connectivity index (χ1n) is 7.17. The summed E-state index contributed by atoms with van der Waals surface area (Å²) in [5.74, 6) is 1.57. The maximum absolute atomic E-state index is 5.37. The molecule has 0 spiro atoms. The molecule has 5 nitrogen and oxygen atoms in total. The minimum absolute atomic E-state index is 0.297. The van der Waals surface area contributed by atoms with Crippen LogP contribution in [0.5, 0.6) is 11.5 Å². The molecule has 2 heterocycles. The average molecular weight is 305 g/mol. The lowest BCUT2D eigenvalue weighted by Crippen LogP contribution is -2.17. The summed E-state index contributed by atoms with van der Waals surface area (Å²) in [4.78, 5) is 4.59. The lowest BCUT2D eigenvalue weighted by Gasteiger charge is -2.03. The lowest BCUT2D eigenvalue weighted by molar-refractivity contribution is 0.174. The molecule has 1 aliphatic heterocycles. The van der Waals surface area contributed by atoms with Crippen LogP contribution in [0.1, 0.15) is 19.0 Å². The Morgan fingerprint density at radius 3 is 3.05 bits per heavy atom. The van der Waals surface area contributed by atoms with Gasteiger partial charge in [0, 0.05) is 30.1 Å². The third-order valence-electron chi connectivity index (χ3n) is 3.16. The second-order valence-electron chi connectivity index (χ2n) is 4.84. The number of thiazole rings is 1. The fraction of sp³-hybridized carbons (Fsp3) is 0.400. The first-order chi connectivity index (χ1) is 10.3. The Kier molecular flexibility index (Phi) is 4.57. The smallest absolute Gasteiger partial charge is 0.231 e. The molecule has 6 heteroatoms.